The molecule has 0 saturated carbocycles. The van der Waals surface area contributed by atoms with Gasteiger partial charge in [0.25, 0.3) is 0 Å². The third-order valence-corrected chi connectivity index (χ3v) is 2.88. The first-order chi connectivity index (χ1) is 9.48. The molecule has 0 spiro atoms. The largest absolute Gasteiger partial charge is 0.459 e. The summed E-state index contributed by atoms with van der Waals surface area (Å²) >= 11 is 0. The fraction of sp³-hybridized carbons (Fsp3) is 0.846. The second kappa shape index (κ2) is 6.64. The summed E-state index contributed by atoms with van der Waals surface area (Å²) in [5, 5.41) is 1.80. The number of amides is 1. The molecule has 122 valence electrons. The lowest BCUT2D eigenvalue weighted by atomic mass is 10.1. The van der Waals surface area contributed by atoms with Crippen LogP contribution in [0.15, 0.2) is 0 Å². The Morgan fingerprint density at radius 3 is 2.43 bits per heavy atom. The van der Waals surface area contributed by atoms with Crippen molar-refractivity contribution in [2.24, 2.45) is 0 Å². The highest BCUT2D eigenvalue weighted by Gasteiger charge is 2.35. The van der Waals surface area contributed by atoms with Gasteiger partial charge in [-0.3, -0.25) is 14.5 Å². The molecule has 1 heterocycles. The maximum atomic E-state index is 12.0. The van der Waals surface area contributed by atoms with Gasteiger partial charge < -0.3 is 10.1 Å². The molecule has 1 amide bonds. The molecule has 21 heavy (non-hydrogen) atoms. The first-order valence-electron chi connectivity index (χ1n) is 6.78. The Hall–Kier alpha value is -1.31. The van der Waals surface area contributed by atoms with E-state index in [-0.39, 0.29) is 6.54 Å². The van der Waals surface area contributed by atoms with Gasteiger partial charge in [-0.2, -0.15) is 13.2 Å². The summed E-state index contributed by atoms with van der Waals surface area (Å²) in [6.07, 6.45) is -3.19. The topological polar surface area (TPSA) is 58.6 Å². The summed E-state index contributed by atoms with van der Waals surface area (Å²) in [6, 6.07) is -0.569. The number of carbonyl (C=O) groups is 2. The molecular formula is C13H21F3N2O3. The maximum Gasteiger partial charge on any atom is 0.405 e. The van der Waals surface area contributed by atoms with E-state index in [1.54, 1.807) is 31.0 Å². The molecule has 0 bridgehead atoms. The van der Waals surface area contributed by atoms with Crippen molar-refractivity contribution in [2.45, 2.75) is 51.4 Å². The summed E-state index contributed by atoms with van der Waals surface area (Å²) in [6.45, 7) is 4.10. The Kier molecular flexibility index (Phi) is 5.61. The SMILES string of the molecule is CC(C)(C)OC(=O)[C@H]1CCCN1CC(=O)NCC(F)(F)F. The van der Waals surface area contributed by atoms with E-state index in [9.17, 15) is 22.8 Å². The summed E-state index contributed by atoms with van der Waals surface area (Å²) in [5.74, 6) is -1.19. The molecule has 1 saturated heterocycles. The molecule has 5 nitrogen and oxygen atoms in total. The zero-order valence-electron chi connectivity index (χ0n) is 12.4. The minimum Gasteiger partial charge on any atom is -0.459 e. The molecule has 0 aromatic carbocycles. The van der Waals surface area contributed by atoms with Gasteiger partial charge in [-0.15, -0.1) is 0 Å². The predicted molar refractivity (Wildman–Crippen MR) is 69.5 cm³/mol. The minimum atomic E-state index is -4.44. The van der Waals surface area contributed by atoms with Crippen molar-refractivity contribution >= 4 is 11.9 Å². The highest BCUT2D eigenvalue weighted by molar-refractivity contribution is 5.81. The number of ether oxygens (including phenoxy) is 1. The van der Waals surface area contributed by atoms with Crippen molar-refractivity contribution in [3.63, 3.8) is 0 Å². The lowest BCUT2D eigenvalue weighted by Crippen LogP contribution is -2.46. The van der Waals surface area contributed by atoms with E-state index in [1.807, 2.05) is 0 Å². The Labute approximate surface area is 121 Å². The van der Waals surface area contributed by atoms with Gasteiger partial charge in [-0.25, -0.2) is 0 Å². The van der Waals surface area contributed by atoms with Gasteiger partial charge in [0.2, 0.25) is 5.91 Å². The third kappa shape index (κ3) is 6.79. The highest BCUT2D eigenvalue weighted by atomic mass is 19.4. The Morgan fingerprint density at radius 1 is 1.29 bits per heavy atom. The van der Waals surface area contributed by atoms with Crippen molar-refractivity contribution < 1.29 is 27.5 Å². The molecule has 0 aliphatic carbocycles. The zero-order chi connectivity index (χ0) is 16.3. The van der Waals surface area contributed by atoms with Gasteiger partial charge in [0.05, 0.1) is 6.54 Å². The van der Waals surface area contributed by atoms with Crippen molar-refractivity contribution in [3.8, 4) is 0 Å². The van der Waals surface area contributed by atoms with Gasteiger partial charge in [-0.1, -0.05) is 0 Å². The zero-order valence-corrected chi connectivity index (χ0v) is 12.4. The van der Waals surface area contributed by atoms with Gasteiger partial charge in [0.15, 0.2) is 0 Å². The molecule has 0 unspecified atom stereocenters. The normalized spacial score (nSPS) is 20.4. The smallest absolute Gasteiger partial charge is 0.405 e. The fourth-order valence-corrected chi connectivity index (χ4v) is 2.09. The Balaban J connectivity index is 2.50. The van der Waals surface area contributed by atoms with E-state index in [0.717, 1.165) is 0 Å². The summed E-state index contributed by atoms with van der Waals surface area (Å²) in [7, 11) is 0. The van der Waals surface area contributed by atoms with Crippen LogP contribution < -0.4 is 5.32 Å². The second-order valence-electron chi connectivity index (χ2n) is 6.05. The van der Waals surface area contributed by atoms with Crippen LogP contribution in [0.25, 0.3) is 0 Å². The van der Waals surface area contributed by atoms with Crippen molar-refractivity contribution in [1.29, 1.82) is 0 Å². The van der Waals surface area contributed by atoms with E-state index in [1.165, 1.54) is 0 Å². The van der Waals surface area contributed by atoms with Crippen LogP contribution in [0.3, 0.4) is 0 Å². The average molecular weight is 310 g/mol. The number of halogens is 3. The number of alkyl halides is 3. The number of carbonyl (C=O) groups excluding carboxylic acids is 2. The molecule has 0 aromatic heterocycles. The predicted octanol–water partition coefficient (Wildman–Crippen LogP) is 1.47. The molecular weight excluding hydrogens is 289 g/mol. The van der Waals surface area contributed by atoms with Crippen LogP contribution in [-0.4, -0.2) is 54.2 Å². The second-order valence-corrected chi connectivity index (χ2v) is 6.05. The molecule has 1 aliphatic heterocycles. The monoisotopic (exact) mass is 310 g/mol. The third-order valence-electron chi connectivity index (χ3n) is 2.88. The molecule has 0 aromatic rings. The van der Waals surface area contributed by atoms with Crippen LogP contribution in [0.1, 0.15) is 33.6 Å². The van der Waals surface area contributed by atoms with Crippen LogP contribution in [0.5, 0.6) is 0 Å². The van der Waals surface area contributed by atoms with Crippen LogP contribution >= 0.6 is 0 Å². The van der Waals surface area contributed by atoms with Gasteiger partial charge >= 0.3 is 12.1 Å². The number of hydrogen-bond acceptors (Lipinski definition) is 4. The number of nitrogens with zero attached hydrogens (tertiary/aromatic N) is 1. The molecule has 1 atom stereocenters. The van der Waals surface area contributed by atoms with Crippen molar-refractivity contribution in [1.82, 2.24) is 10.2 Å². The molecule has 1 fully saturated rings. The number of rotatable bonds is 4. The van der Waals surface area contributed by atoms with E-state index in [2.05, 4.69) is 0 Å². The Bertz CT molecular complexity index is 391. The first-order valence-corrected chi connectivity index (χ1v) is 6.78. The van der Waals surface area contributed by atoms with Crippen LogP contribution in [0.2, 0.25) is 0 Å². The number of hydrogen-bond donors (Lipinski definition) is 1. The standard InChI is InChI=1S/C13H21F3N2O3/c1-12(2,3)21-11(20)9-5-4-6-18(9)7-10(19)17-8-13(14,15)16/h9H,4-8H2,1-3H3,(H,17,19)/t9-/m1/s1. The average Bonchev–Trinajstić information content (AvgIpc) is 2.71. The van der Waals surface area contributed by atoms with Crippen molar-refractivity contribution in [2.75, 3.05) is 19.6 Å². The molecule has 0 radical (unpaired) electrons. The van der Waals surface area contributed by atoms with E-state index in [0.29, 0.717) is 19.4 Å². The van der Waals surface area contributed by atoms with Gasteiger partial charge in [-0.05, 0) is 40.2 Å². The lowest BCUT2D eigenvalue weighted by molar-refractivity contribution is -0.160. The first kappa shape index (κ1) is 17.7. The van der Waals surface area contributed by atoms with E-state index in [4.69, 9.17) is 4.74 Å². The van der Waals surface area contributed by atoms with Crippen LogP contribution in [0.4, 0.5) is 13.2 Å². The van der Waals surface area contributed by atoms with Crippen molar-refractivity contribution in [3.05, 3.63) is 0 Å². The number of nitrogens with one attached hydrogen (secondary N) is 1. The fourth-order valence-electron chi connectivity index (χ4n) is 2.09. The van der Waals surface area contributed by atoms with Crippen LogP contribution in [-0.2, 0) is 14.3 Å². The Morgan fingerprint density at radius 2 is 1.90 bits per heavy atom. The molecule has 8 heteroatoms. The molecule has 1 N–H and O–H groups in total. The molecule has 1 aliphatic rings. The lowest BCUT2D eigenvalue weighted by Gasteiger charge is -2.27. The summed E-state index contributed by atoms with van der Waals surface area (Å²) < 4.78 is 41.3. The van der Waals surface area contributed by atoms with E-state index < -0.39 is 36.2 Å². The molecule has 1 rings (SSSR count). The highest BCUT2D eigenvalue weighted by Crippen LogP contribution is 2.20. The van der Waals surface area contributed by atoms with Gasteiger partial charge in [0.1, 0.15) is 18.2 Å². The van der Waals surface area contributed by atoms with Crippen LogP contribution in [0, 0.1) is 0 Å². The number of likely N-dealkylation sites (tertiary alicyclic amines) is 1. The quantitative estimate of drug-likeness (QED) is 0.799. The van der Waals surface area contributed by atoms with Gasteiger partial charge in [0, 0.05) is 0 Å². The number of esters is 1. The summed E-state index contributed by atoms with van der Waals surface area (Å²) in [5.41, 5.74) is -0.635. The maximum absolute atomic E-state index is 12.0. The van der Waals surface area contributed by atoms with E-state index >= 15 is 0 Å². The summed E-state index contributed by atoms with van der Waals surface area (Å²) in [4.78, 5) is 25.0. The minimum absolute atomic E-state index is 0.236.